The Morgan fingerprint density at radius 1 is 0.721 bits per heavy atom. The molecule has 0 N–H and O–H groups in total. The molecule has 0 radical (unpaired) electrons. The summed E-state index contributed by atoms with van der Waals surface area (Å²) in [5, 5.41) is 0. The molecule has 2 aliphatic carbocycles. The number of halogens is 6. The third-order valence-electron chi connectivity index (χ3n) is 8.62. The lowest BCUT2D eigenvalue weighted by molar-refractivity contribution is -0.197. The number of benzene rings is 2. The van der Waals surface area contributed by atoms with Crippen LogP contribution in [0.5, 0.6) is 23.0 Å². The maximum absolute atomic E-state index is 14.7. The molecular formula is C33H40F6O4. The highest BCUT2D eigenvalue weighted by Crippen LogP contribution is 2.42. The van der Waals surface area contributed by atoms with Gasteiger partial charge in [-0.3, -0.25) is 0 Å². The third-order valence-corrected chi connectivity index (χ3v) is 8.62. The lowest BCUT2D eigenvalue weighted by Gasteiger charge is -2.37. The molecule has 0 bridgehead atoms. The van der Waals surface area contributed by atoms with Crippen molar-refractivity contribution in [1.82, 2.24) is 0 Å². The Labute approximate surface area is 249 Å². The van der Waals surface area contributed by atoms with Gasteiger partial charge in [-0.2, -0.15) is 26.3 Å². The topological polar surface area (TPSA) is 36.9 Å². The first-order valence-electron chi connectivity index (χ1n) is 15.2. The summed E-state index contributed by atoms with van der Waals surface area (Å²) in [6, 6.07) is 3.85. The van der Waals surface area contributed by atoms with Gasteiger partial charge in [0.05, 0.1) is 13.2 Å². The smallest absolute Gasteiger partial charge is 0.433 e. The predicted octanol–water partition coefficient (Wildman–Crippen LogP) is 9.65. The van der Waals surface area contributed by atoms with Gasteiger partial charge in [0.15, 0.2) is 29.6 Å². The highest BCUT2D eigenvalue weighted by molar-refractivity contribution is 5.36. The van der Waals surface area contributed by atoms with Gasteiger partial charge >= 0.3 is 6.11 Å². The van der Waals surface area contributed by atoms with Gasteiger partial charge in [-0.05, 0) is 106 Å². The van der Waals surface area contributed by atoms with Crippen LogP contribution in [0.25, 0.3) is 0 Å². The second-order valence-electron chi connectivity index (χ2n) is 11.6. The van der Waals surface area contributed by atoms with E-state index < -0.39 is 53.2 Å². The predicted molar refractivity (Wildman–Crippen MR) is 151 cm³/mol. The van der Waals surface area contributed by atoms with Crippen LogP contribution in [0.4, 0.5) is 26.3 Å². The van der Waals surface area contributed by atoms with Crippen LogP contribution in [0.1, 0.15) is 71.1 Å². The number of hydrogen-bond acceptors (Lipinski definition) is 4. The van der Waals surface area contributed by atoms with Crippen molar-refractivity contribution in [2.75, 3.05) is 19.8 Å². The van der Waals surface area contributed by atoms with Gasteiger partial charge in [0.2, 0.25) is 23.3 Å². The minimum Gasteiger partial charge on any atom is -0.490 e. The molecule has 0 amide bonds. The van der Waals surface area contributed by atoms with Crippen molar-refractivity contribution in [2.45, 2.75) is 77.2 Å². The largest absolute Gasteiger partial charge is 0.490 e. The Kier molecular flexibility index (Phi) is 11.5. The van der Waals surface area contributed by atoms with E-state index in [9.17, 15) is 26.3 Å². The van der Waals surface area contributed by atoms with Crippen LogP contribution >= 0.6 is 0 Å². The number of hydrogen-bond donors (Lipinski definition) is 0. The maximum Gasteiger partial charge on any atom is 0.433 e. The van der Waals surface area contributed by atoms with Crippen molar-refractivity contribution in [3.8, 4) is 23.0 Å². The van der Waals surface area contributed by atoms with Gasteiger partial charge in [0.1, 0.15) is 0 Å². The van der Waals surface area contributed by atoms with Crippen molar-refractivity contribution in [3.63, 3.8) is 0 Å². The highest BCUT2D eigenvalue weighted by atomic mass is 19.3. The minimum atomic E-state index is -4.20. The average molecular weight is 615 g/mol. The second kappa shape index (κ2) is 15.1. The van der Waals surface area contributed by atoms with Crippen molar-refractivity contribution in [2.24, 2.45) is 23.7 Å². The molecule has 0 saturated heterocycles. The molecule has 0 aromatic heterocycles. The fraction of sp³-hybridized carbons (Fsp3) is 0.576. The lowest BCUT2D eigenvalue weighted by Crippen LogP contribution is -2.33. The summed E-state index contributed by atoms with van der Waals surface area (Å²) in [4.78, 5) is 0. The van der Waals surface area contributed by atoms with E-state index in [0.29, 0.717) is 18.3 Å². The molecule has 43 heavy (non-hydrogen) atoms. The highest BCUT2D eigenvalue weighted by Gasteiger charge is 2.36. The van der Waals surface area contributed by atoms with E-state index in [2.05, 4.69) is 17.4 Å². The Bertz CT molecular complexity index is 1210. The standard InChI is InChI=1S/C33H40F6O4/c1-3-5-18-40-25-14-15-27(31(36)29(25)34)42-20-33(38,39)43-28-17-16-26(30(35)32(28)37)41-19-22-8-12-24(13-9-22)23-10-6-21(4-2)7-11-23/h4,14-17,21-24H,2-3,5-13,18-20H2,1H3. The zero-order valence-electron chi connectivity index (χ0n) is 24.5. The minimum absolute atomic E-state index is 0.156. The van der Waals surface area contributed by atoms with Crippen molar-refractivity contribution in [1.29, 1.82) is 0 Å². The molecule has 4 nitrogen and oxygen atoms in total. The summed E-state index contributed by atoms with van der Waals surface area (Å²) in [6.07, 6.45) is 8.12. The summed E-state index contributed by atoms with van der Waals surface area (Å²) in [7, 11) is 0. The Morgan fingerprint density at radius 2 is 1.21 bits per heavy atom. The van der Waals surface area contributed by atoms with Crippen LogP contribution in [-0.2, 0) is 0 Å². The van der Waals surface area contributed by atoms with Gasteiger partial charge in [0.25, 0.3) is 0 Å². The van der Waals surface area contributed by atoms with Crippen LogP contribution < -0.4 is 18.9 Å². The zero-order valence-corrected chi connectivity index (χ0v) is 24.5. The number of alkyl halides is 2. The van der Waals surface area contributed by atoms with E-state index in [4.69, 9.17) is 14.2 Å². The summed E-state index contributed by atoms with van der Waals surface area (Å²) in [5.41, 5.74) is 0. The fourth-order valence-corrected chi connectivity index (χ4v) is 6.01. The quantitative estimate of drug-likeness (QED) is 0.121. The van der Waals surface area contributed by atoms with E-state index in [1.165, 1.54) is 25.7 Å². The van der Waals surface area contributed by atoms with Crippen LogP contribution in [0, 0.1) is 46.9 Å². The van der Waals surface area contributed by atoms with Gasteiger partial charge < -0.3 is 18.9 Å². The summed E-state index contributed by atoms with van der Waals surface area (Å²) in [5.74, 6) is -6.43. The fourth-order valence-electron chi connectivity index (χ4n) is 6.01. The summed E-state index contributed by atoms with van der Waals surface area (Å²) < 4.78 is 106. The normalized spacial score (nSPS) is 22.6. The average Bonchev–Trinajstić information content (AvgIpc) is 3.01. The van der Waals surface area contributed by atoms with E-state index in [1.807, 2.05) is 6.92 Å². The van der Waals surface area contributed by atoms with Gasteiger partial charge in [0, 0.05) is 0 Å². The number of unbranched alkanes of at least 4 members (excludes halogenated alkanes) is 1. The van der Waals surface area contributed by atoms with E-state index in [1.54, 1.807) is 0 Å². The molecule has 10 heteroatoms. The molecule has 0 heterocycles. The summed E-state index contributed by atoms with van der Waals surface area (Å²) >= 11 is 0. The third kappa shape index (κ3) is 8.76. The first-order chi connectivity index (χ1) is 20.6. The molecule has 2 fully saturated rings. The first kappa shape index (κ1) is 32.9. The van der Waals surface area contributed by atoms with E-state index in [-0.39, 0.29) is 24.9 Å². The van der Waals surface area contributed by atoms with Crippen LogP contribution in [0.3, 0.4) is 0 Å². The summed E-state index contributed by atoms with van der Waals surface area (Å²) in [6.45, 7) is 4.57. The number of allylic oxidation sites excluding steroid dienone is 1. The monoisotopic (exact) mass is 614 g/mol. The van der Waals surface area contributed by atoms with Crippen LogP contribution in [0.2, 0.25) is 0 Å². The molecule has 0 spiro atoms. The van der Waals surface area contributed by atoms with E-state index in [0.717, 1.165) is 62.3 Å². The Hall–Kier alpha value is -3.04. The van der Waals surface area contributed by atoms with Crippen LogP contribution in [0.15, 0.2) is 36.9 Å². The molecule has 4 rings (SSSR count). The Balaban J connectivity index is 1.26. The Morgan fingerprint density at radius 3 is 1.77 bits per heavy atom. The molecule has 0 unspecified atom stereocenters. The molecular weight excluding hydrogens is 574 g/mol. The molecule has 2 aromatic rings. The SMILES string of the molecule is C=CC1CCC(C2CCC(COc3ccc(OC(F)(F)COc4ccc(OCCCC)c(F)c4F)c(F)c3F)CC2)CC1. The van der Waals surface area contributed by atoms with Gasteiger partial charge in [-0.25, -0.2) is 0 Å². The molecule has 0 atom stereocenters. The zero-order chi connectivity index (χ0) is 31.0. The van der Waals surface area contributed by atoms with Gasteiger partial charge in [-0.15, -0.1) is 6.58 Å². The van der Waals surface area contributed by atoms with Crippen molar-refractivity contribution >= 4 is 0 Å². The molecule has 2 aromatic carbocycles. The van der Waals surface area contributed by atoms with Gasteiger partial charge in [-0.1, -0.05) is 19.4 Å². The molecule has 0 aliphatic heterocycles. The van der Waals surface area contributed by atoms with Crippen molar-refractivity contribution in [3.05, 3.63) is 60.2 Å². The lowest BCUT2D eigenvalue weighted by atomic mass is 9.69. The first-order valence-corrected chi connectivity index (χ1v) is 15.2. The number of ether oxygens (including phenoxy) is 4. The van der Waals surface area contributed by atoms with Crippen LogP contribution in [-0.4, -0.2) is 25.9 Å². The number of rotatable bonds is 14. The maximum atomic E-state index is 14.7. The molecule has 2 aliphatic rings. The van der Waals surface area contributed by atoms with Crippen molar-refractivity contribution < 1.29 is 45.3 Å². The second-order valence-corrected chi connectivity index (χ2v) is 11.6. The molecule has 2 saturated carbocycles. The molecule has 238 valence electrons. The van der Waals surface area contributed by atoms with E-state index >= 15 is 0 Å².